The van der Waals surface area contributed by atoms with Gasteiger partial charge in [0.05, 0.1) is 18.3 Å². The lowest BCUT2D eigenvalue weighted by Crippen LogP contribution is -2.48. The summed E-state index contributed by atoms with van der Waals surface area (Å²) in [5.41, 5.74) is -0.774. The van der Waals surface area contributed by atoms with Gasteiger partial charge in [-0.25, -0.2) is 0 Å². The molecule has 0 saturated carbocycles. The molecular weight excluding hydrogens is 368 g/mol. The van der Waals surface area contributed by atoms with Crippen molar-refractivity contribution in [1.82, 2.24) is 19.1 Å². The molecule has 0 spiro atoms. The predicted molar refractivity (Wildman–Crippen MR) is 105 cm³/mol. The molecule has 0 amide bonds. The number of rotatable bonds is 8. The molecule has 156 valence electrons. The van der Waals surface area contributed by atoms with Crippen LogP contribution >= 0.6 is 11.7 Å². The second-order valence-corrected chi connectivity index (χ2v) is 9.99. The number of nitrogens with one attached hydrogen (secondary N) is 1. The Balaban J connectivity index is 1.87. The van der Waals surface area contributed by atoms with Gasteiger partial charge in [0.15, 0.2) is 0 Å². The molecule has 1 fully saturated rings. The van der Waals surface area contributed by atoms with Gasteiger partial charge in [-0.15, -0.1) is 8.75 Å². The maximum Gasteiger partial charge on any atom is 0.291 e. The second-order valence-electron chi connectivity index (χ2n) is 9.46. The Morgan fingerprint density at radius 2 is 1.81 bits per heavy atom. The molecule has 3 N–H and O–H groups in total. The summed E-state index contributed by atoms with van der Waals surface area (Å²) in [6.07, 6.45) is 0.151. The zero-order valence-corrected chi connectivity index (χ0v) is 18.3. The van der Waals surface area contributed by atoms with Crippen LogP contribution in [0.1, 0.15) is 54.9 Å². The number of hydrogen-bond donors (Lipinski definition) is 3. The molecule has 1 saturated heterocycles. The summed E-state index contributed by atoms with van der Waals surface area (Å²) in [7, 11) is 0. The van der Waals surface area contributed by atoms with Gasteiger partial charge in [-0.1, -0.05) is 0 Å². The summed E-state index contributed by atoms with van der Waals surface area (Å²) < 4.78 is 19.7. The average Bonchev–Trinajstić information content (AvgIpc) is 3.05. The zero-order chi connectivity index (χ0) is 20.5. The lowest BCUT2D eigenvalue weighted by atomic mass is 9.88. The third-order valence-corrected chi connectivity index (χ3v) is 5.49. The molecule has 1 aliphatic heterocycles. The van der Waals surface area contributed by atoms with Crippen molar-refractivity contribution >= 4 is 11.7 Å². The third kappa shape index (κ3) is 5.74. The first-order valence-corrected chi connectivity index (χ1v) is 10.1. The summed E-state index contributed by atoms with van der Waals surface area (Å²) >= 11 is 1.01. The number of hydrogen-bond acceptors (Lipinski definition) is 9. The van der Waals surface area contributed by atoms with Gasteiger partial charge in [0.2, 0.25) is 0 Å². The fourth-order valence-electron chi connectivity index (χ4n) is 3.34. The highest BCUT2D eigenvalue weighted by Crippen LogP contribution is 2.43. The van der Waals surface area contributed by atoms with E-state index in [4.69, 9.17) is 9.47 Å². The van der Waals surface area contributed by atoms with E-state index in [1.807, 2.05) is 48.5 Å². The fourth-order valence-corrected chi connectivity index (χ4v) is 3.79. The van der Waals surface area contributed by atoms with Crippen LogP contribution in [0.4, 0.5) is 0 Å². The van der Waals surface area contributed by atoms with Crippen molar-refractivity contribution in [1.29, 1.82) is 0 Å². The molecule has 9 heteroatoms. The number of hydroxylamine groups is 2. The summed E-state index contributed by atoms with van der Waals surface area (Å²) in [4.78, 5) is 0. The topological polar surface area (TPSA) is 100.0 Å². The molecule has 0 aromatic carbocycles. The monoisotopic (exact) mass is 402 g/mol. The van der Waals surface area contributed by atoms with E-state index in [0.717, 1.165) is 18.1 Å². The molecule has 1 aromatic rings. The Hall–Kier alpha value is -1.00. The van der Waals surface area contributed by atoms with Crippen LogP contribution in [0.2, 0.25) is 0 Å². The van der Waals surface area contributed by atoms with Crippen molar-refractivity contribution in [3.05, 3.63) is 0 Å². The molecular formula is C18H34N4O4S. The average molecular weight is 403 g/mol. The molecule has 2 rings (SSSR count). The summed E-state index contributed by atoms with van der Waals surface area (Å²) in [6, 6.07) is 0. The van der Waals surface area contributed by atoms with Gasteiger partial charge in [0, 0.05) is 29.1 Å². The van der Waals surface area contributed by atoms with E-state index >= 15 is 0 Å². The molecule has 2 unspecified atom stereocenters. The van der Waals surface area contributed by atoms with Crippen molar-refractivity contribution in [3.8, 4) is 11.8 Å². The molecule has 27 heavy (non-hydrogen) atoms. The lowest BCUT2D eigenvalue weighted by Gasteiger charge is -2.35. The summed E-state index contributed by atoms with van der Waals surface area (Å²) in [6.45, 7) is 15.1. The smallest absolute Gasteiger partial charge is 0.291 e. The minimum absolute atomic E-state index is 0.0696. The van der Waals surface area contributed by atoms with Gasteiger partial charge in [0.25, 0.3) is 11.8 Å². The van der Waals surface area contributed by atoms with Gasteiger partial charge >= 0.3 is 0 Å². The lowest BCUT2D eigenvalue weighted by molar-refractivity contribution is -0.197. The first kappa shape index (κ1) is 22.3. The van der Waals surface area contributed by atoms with Crippen LogP contribution in [-0.2, 0) is 0 Å². The van der Waals surface area contributed by atoms with Gasteiger partial charge in [-0.2, -0.15) is 5.06 Å². The molecule has 0 radical (unpaired) electrons. The minimum Gasteiger partial charge on any atom is -0.473 e. The number of aliphatic hydroxyl groups is 1. The zero-order valence-electron chi connectivity index (χ0n) is 17.4. The number of nitrogens with zero attached hydrogens (tertiary/aromatic N) is 3. The minimum atomic E-state index is -0.656. The highest BCUT2D eigenvalue weighted by atomic mass is 32.1. The van der Waals surface area contributed by atoms with Gasteiger partial charge < -0.3 is 25.1 Å². The SMILES string of the molecule is CC(C)(C)NCC(O)COc1nsnc1OCC1CC(C)(C)N(O)C1(C)C. The maximum absolute atomic E-state index is 10.4. The molecule has 2 atom stereocenters. The van der Waals surface area contributed by atoms with E-state index in [0.29, 0.717) is 24.9 Å². The molecule has 8 nitrogen and oxygen atoms in total. The molecule has 0 bridgehead atoms. The quantitative estimate of drug-likeness (QED) is 0.609. The maximum atomic E-state index is 10.4. The van der Waals surface area contributed by atoms with Crippen LogP contribution < -0.4 is 14.8 Å². The Kier molecular flexibility index (Phi) is 6.74. The van der Waals surface area contributed by atoms with E-state index < -0.39 is 11.6 Å². The Bertz CT molecular complexity index is 615. The molecule has 1 aromatic heterocycles. The van der Waals surface area contributed by atoms with Crippen molar-refractivity contribution in [3.63, 3.8) is 0 Å². The first-order chi connectivity index (χ1) is 12.3. The highest BCUT2D eigenvalue weighted by Gasteiger charge is 2.51. The fraction of sp³-hybridized carbons (Fsp3) is 0.889. The van der Waals surface area contributed by atoms with Crippen molar-refractivity contribution in [2.75, 3.05) is 19.8 Å². The Morgan fingerprint density at radius 1 is 1.22 bits per heavy atom. The van der Waals surface area contributed by atoms with Crippen molar-refractivity contribution in [2.24, 2.45) is 5.92 Å². The summed E-state index contributed by atoms with van der Waals surface area (Å²) in [5.74, 6) is 0.764. The number of β-amino-alcohol motifs (C(OH)–C–C–N with tert-alkyl or cyclic N) is 1. The van der Waals surface area contributed by atoms with Crippen LogP contribution in [0.15, 0.2) is 0 Å². The first-order valence-electron chi connectivity index (χ1n) is 9.33. The second kappa shape index (κ2) is 8.16. The van der Waals surface area contributed by atoms with E-state index in [1.165, 1.54) is 5.06 Å². The van der Waals surface area contributed by atoms with Crippen LogP contribution in [0.25, 0.3) is 0 Å². The van der Waals surface area contributed by atoms with Crippen molar-refractivity contribution < 1.29 is 19.8 Å². The van der Waals surface area contributed by atoms with Crippen LogP contribution in [-0.4, -0.2) is 66.6 Å². The molecule has 2 heterocycles. The van der Waals surface area contributed by atoms with Crippen LogP contribution in [0.5, 0.6) is 11.8 Å². The van der Waals surface area contributed by atoms with Crippen molar-refractivity contribution in [2.45, 2.75) is 77.6 Å². The third-order valence-electron chi connectivity index (χ3n) is 5.00. The van der Waals surface area contributed by atoms with E-state index in [1.54, 1.807) is 0 Å². The number of aromatic nitrogens is 2. The standard InChI is InChI=1S/C18H34N4O4S/c1-16(2,3)19-9-13(23)11-26-15-14(20-27-21-15)25-10-12-8-17(4,5)22(24)18(12,6)7/h12-13,19,23-24H,8-11H2,1-7H3. The largest absolute Gasteiger partial charge is 0.473 e. The molecule has 1 aliphatic rings. The van der Waals surface area contributed by atoms with Crippen LogP contribution in [0, 0.1) is 5.92 Å². The number of ether oxygens (including phenoxy) is 2. The van der Waals surface area contributed by atoms with E-state index in [2.05, 4.69) is 14.1 Å². The predicted octanol–water partition coefficient (Wildman–Crippen LogP) is 2.31. The Morgan fingerprint density at radius 3 is 2.33 bits per heavy atom. The van der Waals surface area contributed by atoms with E-state index in [-0.39, 0.29) is 23.6 Å². The van der Waals surface area contributed by atoms with Gasteiger partial charge in [-0.05, 0) is 54.9 Å². The van der Waals surface area contributed by atoms with Gasteiger partial charge in [0.1, 0.15) is 12.7 Å². The van der Waals surface area contributed by atoms with Crippen LogP contribution in [0.3, 0.4) is 0 Å². The highest BCUT2D eigenvalue weighted by molar-refractivity contribution is 6.99. The summed E-state index contributed by atoms with van der Waals surface area (Å²) in [5, 5.41) is 25.1. The molecule has 0 aliphatic carbocycles. The normalized spacial score (nSPS) is 23.4. The van der Waals surface area contributed by atoms with E-state index in [9.17, 15) is 10.3 Å². The Labute approximate surface area is 166 Å². The van der Waals surface area contributed by atoms with Gasteiger partial charge in [-0.3, -0.25) is 0 Å². The number of aliphatic hydroxyl groups excluding tert-OH is 1.